The fourth-order valence-corrected chi connectivity index (χ4v) is 3.00. The number of aromatic hydroxyl groups is 1. The van der Waals surface area contributed by atoms with Crippen molar-refractivity contribution in [3.8, 4) is 11.5 Å². The van der Waals surface area contributed by atoms with Gasteiger partial charge < -0.3 is 9.84 Å². The van der Waals surface area contributed by atoms with E-state index in [-0.39, 0.29) is 27.7 Å². The van der Waals surface area contributed by atoms with E-state index in [1.165, 1.54) is 18.1 Å². The number of hydrogen-bond donors (Lipinski definition) is 2. The number of rotatable bonds is 3. The molecule has 26 heavy (non-hydrogen) atoms. The first kappa shape index (κ1) is 18.1. The molecule has 0 radical (unpaired) electrons. The Labute approximate surface area is 163 Å². The van der Waals surface area contributed by atoms with Crippen molar-refractivity contribution in [1.29, 1.82) is 0 Å². The number of carbonyl (C=O) groups is 2. The van der Waals surface area contributed by atoms with Gasteiger partial charge in [-0.2, -0.15) is 0 Å². The van der Waals surface area contributed by atoms with Crippen LogP contribution in [-0.4, -0.2) is 29.1 Å². The van der Waals surface area contributed by atoms with E-state index < -0.39 is 11.8 Å². The molecule has 2 amide bonds. The Kier molecular flexibility index (Phi) is 5.06. The number of hydrogen-bond acceptors (Lipinski definition) is 5. The standard InChI is InChI=1S/C18H13BrN2O4S/c1-25-14-4-2-3-10(15(14)22)9-13-16(23)20-18(26)21(17(13)24)12-7-5-11(19)6-8-12/h2-9,22H,1H3,(H,20,23,26). The normalized spacial score (nSPS) is 16.0. The summed E-state index contributed by atoms with van der Waals surface area (Å²) in [5, 5.41) is 12.7. The lowest BCUT2D eigenvalue weighted by Crippen LogP contribution is -2.54. The second-order valence-electron chi connectivity index (χ2n) is 5.33. The molecular formula is C18H13BrN2O4S. The number of phenolic OH excluding ortho intramolecular Hbond substituents is 1. The summed E-state index contributed by atoms with van der Waals surface area (Å²) in [6.45, 7) is 0. The van der Waals surface area contributed by atoms with Crippen LogP contribution in [0.4, 0.5) is 5.69 Å². The van der Waals surface area contributed by atoms with E-state index in [9.17, 15) is 14.7 Å². The van der Waals surface area contributed by atoms with Gasteiger partial charge in [0, 0.05) is 10.0 Å². The molecule has 0 aliphatic carbocycles. The third kappa shape index (κ3) is 3.33. The van der Waals surface area contributed by atoms with E-state index in [0.29, 0.717) is 5.69 Å². The topological polar surface area (TPSA) is 78.9 Å². The third-order valence-electron chi connectivity index (χ3n) is 3.74. The van der Waals surface area contributed by atoms with Crippen molar-refractivity contribution >= 4 is 56.8 Å². The maximum atomic E-state index is 12.9. The van der Waals surface area contributed by atoms with Crippen LogP contribution < -0.4 is 15.0 Å². The van der Waals surface area contributed by atoms with Crippen LogP contribution in [0, 0.1) is 0 Å². The summed E-state index contributed by atoms with van der Waals surface area (Å²) >= 11 is 8.47. The average molecular weight is 433 g/mol. The lowest BCUT2D eigenvalue weighted by molar-refractivity contribution is -0.122. The highest BCUT2D eigenvalue weighted by Gasteiger charge is 2.34. The van der Waals surface area contributed by atoms with E-state index >= 15 is 0 Å². The largest absolute Gasteiger partial charge is 0.504 e. The third-order valence-corrected chi connectivity index (χ3v) is 4.55. The molecule has 2 aromatic rings. The van der Waals surface area contributed by atoms with E-state index in [2.05, 4.69) is 21.2 Å². The minimum atomic E-state index is -0.629. The Bertz CT molecular complexity index is 941. The zero-order chi connectivity index (χ0) is 18.8. The number of anilines is 1. The molecule has 2 aromatic carbocycles. The van der Waals surface area contributed by atoms with Crippen LogP contribution in [0.2, 0.25) is 0 Å². The van der Waals surface area contributed by atoms with Crippen molar-refractivity contribution in [3.63, 3.8) is 0 Å². The number of benzene rings is 2. The minimum absolute atomic E-state index is 0.00524. The molecule has 0 saturated carbocycles. The Morgan fingerprint density at radius 3 is 2.54 bits per heavy atom. The number of halogens is 1. The van der Waals surface area contributed by atoms with E-state index in [0.717, 1.165) is 4.47 Å². The fourth-order valence-electron chi connectivity index (χ4n) is 2.46. The summed E-state index contributed by atoms with van der Waals surface area (Å²) in [5.74, 6) is -1.13. The molecule has 0 spiro atoms. The van der Waals surface area contributed by atoms with Crippen LogP contribution in [-0.2, 0) is 9.59 Å². The molecule has 1 aliphatic rings. The van der Waals surface area contributed by atoms with Gasteiger partial charge in [-0.05, 0) is 48.6 Å². The summed E-state index contributed by atoms with van der Waals surface area (Å²) < 4.78 is 5.89. The molecule has 6 nitrogen and oxygen atoms in total. The van der Waals surface area contributed by atoms with Gasteiger partial charge in [-0.25, -0.2) is 0 Å². The van der Waals surface area contributed by atoms with Gasteiger partial charge in [0.15, 0.2) is 16.6 Å². The summed E-state index contributed by atoms with van der Waals surface area (Å²) in [6, 6.07) is 11.7. The first-order valence-corrected chi connectivity index (χ1v) is 8.65. The van der Waals surface area contributed by atoms with Crippen molar-refractivity contribution in [1.82, 2.24) is 5.32 Å². The van der Waals surface area contributed by atoms with Gasteiger partial charge in [-0.1, -0.05) is 28.1 Å². The number of phenols is 1. The fraction of sp³-hybridized carbons (Fsp3) is 0.0556. The number of amides is 2. The summed E-state index contributed by atoms with van der Waals surface area (Å²) in [5.41, 5.74) is 0.653. The van der Waals surface area contributed by atoms with Gasteiger partial charge in [0.05, 0.1) is 12.8 Å². The van der Waals surface area contributed by atoms with Crippen molar-refractivity contribution in [2.75, 3.05) is 12.0 Å². The van der Waals surface area contributed by atoms with Crippen molar-refractivity contribution in [2.45, 2.75) is 0 Å². The molecule has 2 N–H and O–H groups in total. The summed E-state index contributed by atoms with van der Waals surface area (Å²) in [7, 11) is 1.41. The molecule has 0 aromatic heterocycles. The molecule has 3 rings (SSSR count). The zero-order valence-electron chi connectivity index (χ0n) is 13.5. The molecule has 1 saturated heterocycles. The van der Waals surface area contributed by atoms with Crippen LogP contribution in [0.5, 0.6) is 11.5 Å². The monoisotopic (exact) mass is 432 g/mol. The molecule has 1 fully saturated rings. The molecule has 8 heteroatoms. The Morgan fingerprint density at radius 2 is 1.88 bits per heavy atom. The first-order valence-electron chi connectivity index (χ1n) is 7.45. The minimum Gasteiger partial charge on any atom is -0.504 e. The van der Waals surface area contributed by atoms with E-state index in [1.807, 2.05) is 0 Å². The number of ether oxygens (including phenoxy) is 1. The SMILES string of the molecule is COc1cccc(C=C2C(=O)NC(=S)N(c3ccc(Br)cc3)C2=O)c1O. The van der Waals surface area contributed by atoms with Crippen molar-refractivity contribution < 1.29 is 19.4 Å². The summed E-state index contributed by atoms with van der Waals surface area (Å²) in [4.78, 5) is 26.4. The van der Waals surface area contributed by atoms with E-state index in [4.69, 9.17) is 17.0 Å². The van der Waals surface area contributed by atoms with Crippen LogP contribution in [0.25, 0.3) is 6.08 Å². The van der Waals surface area contributed by atoms with Crippen LogP contribution in [0.3, 0.4) is 0 Å². The van der Waals surface area contributed by atoms with Gasteiger partial charge in [0.1, 0.15) is 5.57 Å². The molecular weight excluding hydrogens is 420 g/mol. The number of carbonyl (C=O) groups excluding carboxylic acids is 2. The van der Waals surface area contributed by atoms with Crippen LogP contribution >= 0.6 is 28.1 Å². The maximum Gasteiger partial charge on any atom is 0.270 e. The first-order chi connectivity index (χ1) is 12.4. The second kappa shape index (κ2) is 7.27. The smallest absolute Gasteiger partial charge is 0.270 e. The predicted octanol–water partition coefficient (Wildman–Crippen LogP) is 2.99. The molecule has 0 atom stereocenters. The van der Waals surface area contributed by atoms with Gasteiger partial charge >= 0.3 is 0 Å². The van der Waals surface area contributed by atoms with Crippen molar-refractivity contribution in [2.24, 2.45) is 0 Å². The molecule has 132 valence electrons. The van der Waals surface area contributed by atoms with Gasteiger partial charge in [0.2, 0.25) is 0 Å². The van der Waals surface area contributed by atoms with Crippen LogP contribution in [0.1, 0.15) is 5.56 Å². The maximum absolute atomic E-state index is 12.9. The highest BCUT2D eigenvalue weighted by molar-refractivity contribution is 9.10. The average Bonchev–Trinajstić information content (AvgIpc) is 2.61. The lowest BCUT2D eigenvalue weighted by Gasteiger charge is -2.29. The van der Waals surface area contributed by atoms with Crippen molar-refractivity contribution in [3.05, 3.63) is 58.1 Å². The number of para-hydroxylation sites is 1. The lowest BCUT2D eigenvalue weighted by atomic mass is 10.1. The molecule has 1 aliphatic heterocycles. The molecule has 0 unspecified atom stereocenters. The number of nitrogens with zero attached hydrogens (tertiary/aromatic N) is 1. The predicted molar refractivity (Wildman–Crippen MR) is 105 cm³/mol. The Morgan fingerprint density at radius 1 is 1.19 bits per heavy atom. The van der Waals surface area contributed by atoms with Crippen LogP contribution in [0.15, 0.2) is 52.5 Å². The Hall–Kier alpha value is -2.71. The second-order valence-corrected chi connectivity index (χ2v) is 6.63. The number of methoxy groups -OCH3 is 1. The molecule has 1 heterocycles. The van der Waals surface area contributed by atoms with Gasteiger partial charge in [-0.3, -0.25) is 19.8 Å². The molecule has 0 bridgehead atoms. The van der Waals surface area contributed by atoms with Gasteiger partial charge in [-0.15, -0.1) is 0 Å². The highest BCUT2D eigenvalue weighted by Crippen LogP contribution is 2.32. The quantitative estimate of drug-likeness (QED) is 0.442. The summed E-state index contributed by atoms with van der Waals surface area (Å²) in [6.07, 6.45) is 1.31. The van der Waals surface area contributed by atoms with E-state index in [1.54, 1.807) is 42.5 Å². The number of thiocarbonyl (C=S) groups is 1. The zero-order valence-corrected chi connectivity index (χ0v) is 15.9. The van der Waals surface area contributed by atoms with Gasteiger partial charge in [0.25, 0.3) is 11.8 Å². The number of nitrogens with one attached hydrogen (secondary N) is 1. The Balaban J connectivity index is 2.04. The highest BCUT2D eigenvalue weighted by atomic mass is 79.9.